The minimum absolute atomic E-state index is 0.0743. The van der Waals surface area contributed by atoms with Gasteiger partial charge in [0, 0.05) is 22.9 Å². The zero-order valence-corrected chi connectivity index (χ0v) is 20.2. The molecule has 0 saturated carbocycles. The third-order valence-corrected chi connectivity index (χ3v) is 6.15. The Balaban J connectivity index is 1.65. The van der Waals surface area contributed by atoms with Gasteiger partial charge in [-0.3, -0.25) is 14.5 Å². The van der Waals surface area contributed by atoms with Crippen LogP contribution in [0.5, 0.6) is 5.75 Å². The van der Waals surface area contributed by atoms with Crippen molar-refractivity contribution < 1.29 is 18.7 Å². The highest BCUT2D eigenvalue weighted by atomic mass is 16.5. The van der Waals surface area contributed by atoms with E-state index in [-0.39, 0.29) is 17.7 Å². The first kappa shape index (κ1) is 23.6. The highest BCUT2D eigenvalue weighted by Crippen LogP contribution is 2.32. The van der Waals surface area contributed by atoms with Crippen LogP contribution in [-0.4, -0.2) is 33.6 Å². The fourth-order valence-electron chi connectivity index (χ4n) is 4.17. The second-order valence-corrected chi connectivity index (χ2v) is 8.39. The van der Waals surface area contributed by atoms with Crippen molar-refractivity contribution in [1.82, 2.24) is 14.7 Å². The lowest BCUT2D eigenvalue weighted by Gasteiger charge is -2.26. The Morgan fingerprint density at radius 2 is 1.78 bits per heavy atom. The van der Waals surface area contributed by atoms with E-state index < -0.39 is 11.8 Å². The summed E-state index contributed by atoms with van der Waals surface area (Å²) in [6.07, 6.45) is 4.97. The maximum atomic E-state index is 13.6. The summed E-state index contributed by atoms with van der Waals surface area (Å²) < 4.78 is 12.4. The van der Waals surface area contributed by atoms with E-state index in [4.69, 9.17) is 14.3 Å². The van der Waals surface area contributed by atoms with Crippen LogP contribution in [0, 0.1) is 11.3 Å². The molecule has 0 spiro atoms. The molecule has 5 rings (SSSR count). The minimum Gasteiger partial charge on any atom is -0.497 e. The molecule has 1 aliphatic rings. The van der Waals surface area contributed by atoms with Gasteiger partial charge in [-0.25, -0.2) is 4.68 Å². The molecule has 2 aromatic carbocycles. The van der Waals surface area contributed by atoms with Gasteiger partial charge in [-0.15, -0.1) is 0 Å². The summed E-state index contributed by atoms with van der Waals surface area (Å²) in [5.74, 6) is -0.00760. The number of hydrogen-bond acceptors (Lipinski definition) is 6. The third-order valence-electron chi connectivity index (χ3n) is 6.15. The largest absolute Gasteiger partial charge is 0.497 e. The average molecular weight is 491 g/mol. The van der Waals surface area contributed by atoms with Crippen LogP contribution in [0.4, 0.5) is 0 Å². The molecule has 1 aliphatic heterocycles. The van der Waals surface area contributed by atoms with Gasteiger partial charge in [-0.2, -0.15) is 10.4 Å². The zero-order chi connectivity index (χ0) is 25.9. The molecule has 0 radical (unpaired) electrons. The predicted molar refractivity (Wildman–Crippen MR) is 136 cm³/mol. The monoisotopic (exact) mass is 490 g/mol. The van der Waals surface area contributed by atoms with Crippen molar-refractivity contribution in [2.45, 2.75) is 13.5 Å². The number of para-hydroxylation sites is 1. The van der Waals surface area contributed by atoms with E-state index in [0.29, 0.717) is 28.3 Å². The van der Waals surface area contributed by atoms with E-state index in [1.54, 1.807) is 36.9 Å². The van der Waals surface area contributed by atoms with Gasteiger partial charge in [-0.1, -0.05) is 18.2 Å². The fraction of sp³-hybridized carbons (Fsp3) is 0.103. The molecule has 2 amide bonds. The van der Waals surface area contributed by atoms with Gasteiger partial charge < -0.3 is 9.15 Å². The van der Waals surface area contributed by atoms with Crippen LogP contribution in [0.2, 0.25) is 0 Å². The van der Waals surface area contributed by atoms with Crippen LogP contribution >= 0.6 is 0 Å². The lowest BCUT2D eigenvalue weighted by atomic mass is 9.93. The van der Waals surface area contributed by atoms with Gasteiger partial charge >= 0.3 is 0 Å². The van der Waals surface area contributed by atoms with E-state index in [1.165, 1.54) is 6.26 Å². The average Bonchev–Trinajstić information content (AvgIpc) is 3.60. The molecule has 8 heteroatoms. The van der Waals surface area contributed by atoms with Crippen molar-refractivity contribution >= 4 is 17.9 Å². The summed E-state index contributed by atoms with van der Waals surface area (Å²) in [4.78, 5) is 27.6. The highest BCUT2D eigenvalue weighted by molar-refractivity contribution is 6.19. The number of nitrogens with zero attached hydrogens (tertiary/aromatic N) is 4. The number of ether oxygens (including phenoxy) is 1. The van der Waals surface area contributed by atoms with Crippen molar-refractivity contribution in [2.24, 2.45) is 0 Å². The number of imide groups is 1. The predicted octanol–water partition coefficient (Wildman–Crippen LogP) is 4.93. The van der Waals surface area contributed by atoms with Crippen molar-refractivity contribution in [1.29, 1.82) is 5.26 Å². The second kappa shape index (κ2) is 9.84. The molecule has 37 heavy (non-hydrogen) atoms. The highest BCUT2D eigenvalue weighted by Gasteiger charge is 2.36. The standard InChI is InChI=1S/C29H22N4O4/c1-19-25(28(34)32(29(35)26(19)16-30)18-24-9-6-14-37-24)15-21-17-33(22-7-4-3-5-8-22)31-27(21)20-10-12-23(36-2)13-11-20/h3-15,17H,18H2,1-2H3/b25-15+. The number of carbonyl (C=O) groups is 2. The van der Waals surface area contributed by atoms with Gasteiger partial charge in [0.05, 0.1) is 31.3 Å². The molecular weight excluding hydrogens is 468 g/mol. The van der Waals surface area contributed by atoms with Crippen LogP contribution < -0.4 is 4.74 Å². The minimum atomic E-state index is -0.645. The summed E-state index contributed by atoms with van der Waals surface area (Å²) in [5, 5.41) is 14.5. The van der Waals surface area contributed by atoms with Gasteiger partial charge in [0.15, 0.2) is 0 Å². The number of aromatic nitrogens is 2. The molecule has 0 aliphatic carbocycles. The molecule has 0 bridgehead atoms. The van der Waals surface area contributed by atoms with Crippen molar-refractivity contribution in [3.05, 3.63) is 107 Å². The summed E-state index contributed by atoms with van der Waals surface area (Å²) in [6.45, 7) is 1.54. The first-order valence-electron chi connectivity index (χ1n) is 11.5. The number of carbonyl (C=O) groups excluding carboxylic acids is 2. The van der Waals surface area contributed by atoms with Gasteiger partial charge in [0.1, 0.15) is 23.2 Å². The van der Waals surface area contributed by atoms with Crippen LogP contribution in [0.1, 0.15) is 18.2 Å². The SMILES string of the molecule is COc1ccc(-c2nn(-c3ccccc3)cc2/C=C2/C(=O)N(Cc3ccco3)C(=O)C(C#N)=C2C)cc1. The maximum Gasteiger partial charge on any atom is 0.272 e. The molecule has 0 fully saturated rings. The van der Waals surface area contributed by atoms with E-state index in [9.17, 15) is 14.9 Å². The second-order valence-electron chi connectivity index (χ2n) is 8.39. The summed E-state index contributed by atoms with van der Waals surface area (Å²) in [7, 11) is 1.60. The van der Waals surface area contributed by atoms with E-state index in [1.807, 2.05) is 66.9 Å². The summed E-state index contributed by atoms with van der Waals surface area (Å²) in [5.41, 5.74) is 3.42. The Morgan fingerprint density at radius 3 is 2.43 bits per heavy atom. The molecule has 0 atom stereocenters. The van der Waals surface area contributed by atoms with Crippen LogP contribution in [-0.2, 0) is 16.1 Å². The van der Waals surface area contributed by atoms with Crippen molar-refractivity contribution in [3.8, 4) is 28.8 Å². The number of hydrogen-bond donors (Lipinski definition) is 0. The van der Waals surface area contributed by atoms with E-state index in [2.05, 4.69) is 0 Å². The first-order chi connectivity index (χ1) is 18.0. The zero-order valence-electron chi connectivity index (χ0n) is 20.2. The Bertz CT molecular complexity index is 1570. The lowest BCUT2D eigenvalue weighted by molar-refractivity contribution is -0.141. The maximum absolute atomic E-state index is 13.6. The van der Waals surface area contributed by atoms with E-state index in [0.717, 1.165) is 16.2 Å². The lowest BCUT2D eigenvalue weighted by Crippen LogP contribution is -2.42. The Morgan fingerprint density at radius 1 is 1.03 bits per heavy atom. The number of rotatable bonds is 6. The van der Waals surface area contributed by atoms with Crippen LogP contribution in [0.25, 0.3) is 23.0 Å². The topological polar surface area (TPSA) is 101 Å². The Kier molecular flexibility index (Phi) is 6.27. The van der Waals surface area contributed by atoms with Crippen molar-refractivity contribution in [2.75, 3.05) is 7.11 Å². The van der Waals surface area contributed by atoms with Crippen molar-refractivity contribution in [3.63, 3.8) is 0 Å². The molecule has 3 heterocycles. The molecular formula is C29H22N4O4. The molecule has 2 aromatic heterocycles. The normalized spacial score (nSPS) is 14.8. The van der Waals surface area contributed by atoms with Gasteiger partial charge in [-0.05, 0) is 67.1 Å². The molecule has 4 aromatic rings. The molecule has 8 nitrogen and oxygen atoms in total. The summed E-state index contributed by atoms with van der Waals surface area (Å²) >= 11 is 0. The molecule has 182 valence electrons. The molecule has 0 saturated heterocycles. The van der Waals surface area contributed by atoms with E-state index >= 15 is 0 Å². The Labute approximate surface area is 213 Å². The number of methoxy groups -OCH3 is 1. The Hall–Kier alpha value is -5.16. The van der Waals surface area contributed by atoms with Gasteiger partial charge in [0.2, 0.25) is 0 Å². The number of furan rings is 1. The summed E-state index contributed by atoms with van der Waals surface area (Å²) in [6, 6.07) is 22.4. The first-order valence-corrected chi connectivity index (χ1v) is 11.5. The number of benzene rings is 2. The van der Waals surface area contributed by atoms with Gasteiger partial charge in [0.25, 0.3) is 11.8 Å². The van der Waals surface area contributed by atoms with Crippen LogP contribution in [0.15, 0.2) is 100 Å². The smallest absolute Gasteiger partial charge is 0.272 e. The van der Waals surface area contributed by atoms with Crippen LogP contribution in [0.3, 0.4) is 0 Å². The molecule has 0 N–H and O–H groups in total. The number of nitriles is 1. The number of amides is 2. The quantitative estimate of drug-likeness (QED) is 0.280. The third kappa shape index (κ3) is 4.46. The fourth-order valence-corrected chi connectivity index (χ4v) is 4.17. The molecule has 0 unspecified atom stereocenters.